The molecule has 1 aliphatic heterocycles. The van der Waals surface area contributed by atoms with Gasteiger partial charge >= 0.3 is 5.97 Å². The molecule has 0 aromatic carbocycles. The number of morpholine rings is 1. The van der Waals surface area contributed by atoms with Crippen LogP contribution in [-0.2, 0) is 24.1 Å². The predicted molar refractivity (Wildman–Crippen MR) is 76.3 cm³/mol. The van der Waals surface area contributed by atoms with Crippen LogP contribution in [0.25, 0.3) is 0 Å². The van der Waals surface area contributed by atoms with Crippen LogP contribution in [0.1, 0.15) is 27.2 Å². The molecule has 0 aromatic rings. The fourth-order valence-corrected chi connectivity index (χ4v) is 3.62. The minimum atomic E-state index is -3.37. The molecule has 1 saturated heterocycles. The summed E-state index contributed by atoms with van der Waals surface area (Å²) in [6.45, 7) is 7.68. The van der Waals surface area contributed by atoms with Gasteiger partial charge in [-0.2, -0.15) is 0 Å². The molecule has 1 aliphatic rings. The summed E-state index contributed by atoms with van der Waals surface area (Å²) in [7, 11) is -2.11. The van der Waals surface area contributed by atoms with E-state index < -0.39 is 21.1 Å². The van der Waals surface area contributed by atoms with Crippen molar-refractivity contribution in [2.75, 3.05) is 32.6 Å². The Labute approximate surface area is 121 Å². The van der Waals surface area contributed by atoms with E-state index in [0.29, 0.717) is 19.2 Å². The second-order valence-electron chi connectivity index (χ2n) is 5.50. The molecule has 6 nitrogen and oxygen atoms in total. The molecule has 0 aliphatic carbocycles. The molecule has 118 valence electrons. The number of sulfone groups is 1. The van der Waals surface area contributed by atoms with Crippen LogP contribution < -0.4 is 0 Å². The fourth-order valence-electron chi connectivity index (χ4n) is 2.18. The first kappa shape index (κ1) is 17.4. The van der Waals surface area contributed by atoms with E-state index in [4.69, 9.17) is 4.74 Å². The third-order valence-electron chi connectivity index (χ3n) is 3.61. The van der Waals surface area contributed by atoms with Gasteiger partial charge < -0.3 is 9.47 Å². The van der Waals surface area contributed by atoms with Crippen molar-refractivity contribution >= 4 is 15.8 Å². The monoisotopic (exact) mass is 307 g/mol. The third kappa shape index (κ3) is 5.03. The van der Waals surface area contributed by atoms with E-state index in [2.05, 4.69) is 23.5 Å². The maximum Gasteiger partial charge on any atom is 0.306 e. The summed E-state index contributed by atoms with van der Waals surface area (Å²) in [6, 6.07) is 0.372. The van der Waals surface area contributed by atoms with Gasteiger partial charge in [-0.1, -0.05) is 0 Å². The van der Waals surface area contributed by atoms with E-state index in [1.807, 2.05) is 0 Å². The highest BCUT2D eigenvalue weighted by atomic mass is 32.2. The fraction of sp³-hybridized carbons (Fsp3) is 0.923. The molecule has 1 fully saturated rings. The topological polar surface area (TPSA) is 72.9 Å². The number of nitrogens with zero attached hydrogens (tertiary/aromatic N) is 1. The van der Waals surface area contributed by atoms with E-state index in [1.54, 1.807) is 0 Å². The summed E-state index contributed by atoms with van der Waals surface area (Å²) < 4.78 is 34.5. The van der Waals surface area contributed by atoms with Crippen molar-refractivity contribution < 1.29 is 22.7 Å². The number of hydrogen-bond acceptors (Lipinski definition) is 6. The lowest BCUT2D eigenvalue weighted by molar-refractivity contribution is -0.140. The standard InChI is InChI=1S/C13H25NO5S/c1-10(2)14-5-6-19-12(8-14)9-20(16,17)11(3)7-13(15)18-4/h10-12H,5-9H2,1-4H3. The molecule has 0 N–H and O–H groups in total. The van der Waals surface area contributed by atoms with Crippen LogP contribution in [0.15, 0.2) is 0 Å². The molecule has 0 spiro atoms. The molecule has 0 radical (unpaired) electrons. The summed E-state index contributed by atoms with van der Waals surface area (Å²) in [5.41, 5.74) is 0. The first-order valence-corrected chi connectivity index (χ1v) is 8.62. The SMILES string of the molecule is COC(=O)CC(C)S(=O)(=O)CC1CN(C(C)C)CCO1. The normalized spacial score (nSPS) is 22.8. The zero-order valence-corrected chi connectivity index (χ0v) is 13.5. The third-order valence-corrected chi connectivity index (χ3v) is 5.84. The molecular weight excluding hydrogens is 282 g/mol. The molecule has 0 amide bonds. The lowest BCUT2D eigenvalue weighted by atomic mass is 10.2. The maximum atomic E-state index is 12.2. The quantitative estimate of drug-likeness (QED) is 0.664. The maximum absolute atomic E-state index is 12.2. The zero-order chi connectivity index (χ0) is 15.3. The van der Waals surface area contributed by atoms with Crippen LogP contribution in [0.2, 0.25) is 0 Å². The largest absolute Gasteiger partial charge is 0.469 e. The molecule has 20 heavy (non-hydrogen) atoms. The van der Waals surface area contributed by atoms with Crippen molar-refractivity contribution in [1.29, 1.82) is 0 Å². The average molecular weight is 307 g/mol. The van der Waals surface area contributed by atoms with Crippen LogP contribution in [0, 0.1) is 0 Å². The molecule has 0 aromatic heterocycles. The van der Waals surface area contributed by atoms with Gasteiger partial charge in [0.25, 0.3) is 0 Å². The van der Waals surface area contributed by atoms with E-state index in [1.165, 1.54) is 14.0 Å². The summed E-state index contributed by atoms with van der Waals surface area (Å²) in [4.78, 5) is 13.4. The van der Waals surface area contributed by atoms with Gasteiger partial charge in [0, 0.05) is 19.1 Å². The van der Waals surface area contributed by atoms with Gasteiger partial charge in [0.05, 0.1) is 37.2 Å². The van der Waals surface area contributed by atoms with Crippen molar-refractivity contribution in [2.45, 2.75) is 44.6 Å². The molecule has 1 rings (SSSR count). The minimum absolute atomic E-state index is 0.0472. The molecule has 2 unspecified atom stereocenters. The van der Waals surface area contributed by atoms with Gasteiger partial charge in [-0.05, 0) is 20.8 Å². The number of carbonyl (C=O) groups excluding carboxylic acids is 1. The summed E-state index contributed by atoms with van der Waals surface area (Å²) >= 11 is 0. The Hall–Kier alpha value is -0.660. The Morgan fingerprint density at radius 1 is 1.40 bits per heavy atom. The lowest BCUT2D eigenvalue weighted by Gasteiger charge is -2.35. The molecule has 0 bridgehead atoms. The van der Waals surface area contributed by atoms with E-state index in [0.717, 1.165) is 6.54 Å². The Kier molecular flexibility index (Phi) is 6.42. The van der Waals surface area contributed by atoms with E-state index in [-0.39, 0.29) is 18.3 Å². The highest BCUT2D eigenvalue weighted by molar-refractivity contribution is 7.92. The molecule has 1 heterocycles. The van der Waals surface area contributed by atoms with Crippen LogP contribution in [0.5, 0.6) is 0 Å². The van der Waals surface area contributed by atoms with Crippen LogP contribution in [0.4, 0.5) is 0 Å². The highest BCUT2D eigenvalue weighted by Gasteiger charge is 2.31. The number of ether oxygens (including phenoxy) is 2. The second kappa shape index (κ2) is 7.38. The van der Waals surface area contributed by atoms with Crippen molar-refractivity contribution in [3.63, 3.8) is 0 Å². The Morgan fingerprint density at radius 2 is 2.05 bits per heavy atom. The first-order chi connectivity index (χ1) is 9.26. The number of carbonyl (C=O) groups is 1. The minimum Gasteiger partial charge on any atom is -0.469 e. The Morgan fingerprint density at radius 3 is 2.60 bits per heavy atom. The molecular formula is C13H25NO5S. The van der Waals surface area contributed by atoms with Crippen LogP contribution >= 0.6 is 0 Å². The number of esters is 1. The van der Waals surface area contributed by atoms with Crippen LogP contribution in [0.3, 0.4) is 0 Å². The molecule has 7 heteroatoms. The Bertz CT molecular complexity index is 420. The van der Waals surface area contributed by atoms with Gasteiger partial charge in [-0.25, -0.2) is 8.42 Å². The van der Waals surface area contributed by atoms with Crippen LogP contribution in [-0.4, -0.2) is 69.2 Å². The molecule has 0 saturated carbocycles. The van der Waals surface area contributed by atoms with Gasteiger partial charge in [0.2, 0.25) is 0 Å². The Balaban J connectivity index is 2.59. The summed E-state index contributed by atoms with van der Waals surface area (Å²) in [6.07, 6.45) is -0.435. The zero-order valence-electron chi connectivity index (χ0n) is 12.7. The first-order valence-electron chi connectivity index (χ1n) is 6.90. The molecule has 2 atom stereocenters. The van der Waals surface area contributed by atoms with Gasteiger partial charge in [0.15, 0.2) is 9.84 Å². The van der Waals surface area contributed by atoms with Gasteiger partial charge in [-0.15, -0.1) is 0 Å². The van der Waals surface area contributed by atoms with E-state index in [9.17, 15) is 13.2 Å². The van der Waals surface area contributed by atoms with Gasteiger partial charge in [0.1, 0.15) is 0 Å². The number of rotatable bonds is 6. The lowest BCUT2D eigenvalue weighted by Crippen LogP contribution is -2.48. The summed E-state index contributed by atoms with van der Waals surface area (Å²) in [5.74, 6) is -0.552. The smallest absolute Gasteiger partial charge is 0.306 e. The number of methoxy groups -OCH3 is 1. The van der Waals surface area contributed by atoms with E-state index >= 15 is 0 Å². The average Bonchev–Trinajstić information content (AvgIpc) is 2.38. The highest BCUT2D eigenvalue weighted by Crippen LogP contribution is 2.15. The second-order valence-corrected chi connectivity index (χ2v) is 7.97. The van der Waals surface area contributed by atoms with Crippen molar-refractivity contribution in [3.05, 3.63) is 0 Å². The van der Waals surface area contributed by atoms with Crippen molar-refractivity contribution in [2.24, 2.45) is 0 Å². The van der Waals surface area contributed by atoms with Crippen molar-refractivity contribution in [3.8, 4) is 0 Å². The predicted octanol–water partition coefficient (Wildman–Crippen LogP) is 0.462. The summed E-state index contributed by atoms with van der Waals surface area (Å²) in [5, 5.41) is -0.743. The van der Waals surface area contributed by atoms with Gasteiger partial charge in [-0.3, -0.25) is 9.69 Å². The van der Waals surface area contributed by atoms with Crippen molar-refractivity contribution in [1.82, 2.24) is 4.90 Å². The number of hydrogen-bond donors (Lipinski definition) is 0.